The Kier molecular flexibility index (Phi) is 5.06. The van der Waals surface area contributed by atoms with Crippen molar-refractivity contribution in [3.63, 3.8) is 0 Å². The molecule has 6 heteroatoms. The first-order chi connectivity index (χ1) is 14.5. The van der Waals surface area contributed by atoms with Crippen LogP contribution < -0.4 is 10.6 Å². The minimum Gasteiger partial charge on any atom is -0.355 e. The summed E-state index contributed by atoms with van der Waals surface area (Å²) in [7, 11) is 1.57. The van der Waals surface area contributed by atoms with Crippen LogP contribution in [0, 0.1) is 13.8 Å². The molecule has 1 heterocycles. The predicted molar refractivity (Wildman–Crippen MR) is 118 cm³/mol. The van der Waals surface area contributed by atoms with Crippen LogP contribution in [-0.4, -0.2) is 28.4 Å². The minimum absolute atomic E-state index is 0.240. The van der Waals surface area contributed by atoms with Crippen LogP contribution in [0.25, 0.3) is 16.7 Å². The van der Waals surface area contributed by atoms with Gasteiger partial charge < -0.3 is 10.6 Å². The number of hydrogen-bond acceptors (Lipinski definition) is 3. The van der Waals surface area contributed by atoms with E-state index in [9.17, 15) is 9.59 Å². The molecule has 0 aliphatic rings. The van der Waals surface area contributed by atoms with Gasteiger partial charge in [-0.25, -0.2) is 4.98 Å². The summed E-state index contributed by atoms with van der Waals surface area (Å²) in [5.74, 6) is 0.310. The van der Waals surface area contributed by atoms with Gasteiger partial charge in [-0.3, -0.25) is 14.2 Å². The van der Waals surface area contributed by atoms with E-state index in [4.69, 9.17) is 0 Å². The molecule has 0 saturated heterocycles. The summed E-state index contributed by atoms with van der Waals surface area (Å²) in [6.45, 7) is 3.78. The number of aromatic nitrogens is 2. The zero-order valence-electron chi connectivity index (χ0n) is 17.1. The maximum Gasteiger partial charge on any atom is 0.255 e. The van der Waals surface area contributed by atoms with E-state index in [1.54, 1.807) is 25.2 Å². The van der Waals surface area contributed by atoms with Crippen molar-refractivity contribution in [2.24, 2.45) is 0 Å². The molecule has 3 aromatic carbocycles. The van der Waals surface area contributed by atoms with Crippen molar-refractivity contribution in [3.8, 4) is 5.69 Å². The first kappa shape index (κ1) is 19.4. The van der Waals surface area contributed by atoms with Crippen molar-refractivity contribution >= 4 is 28.5 Å². The number of carbonyl (C=O) groups excluding carboxylic acids is 2. The second-order valence-electron chi connectivity index (χ2n) is 7.06. The van der Waals surface area contributed by atoms with Gasteiger partial charge in [0.15, 0.2) is 0 Å². The molecule has 0 unspecified atom stereocenters. The molecule has 0 aliphatic carbocycles. The maximum absolute atomic E-state index is 12.9. The number of aryl methyl sites for hydroxylation is 2. The van der Waals surface area contributed by atoms with Gasteiger partial charge in [0, 0.05) is 18.3 Å². The number of benzene rings is 3. The van der Waals surface area contributed by atoms with Crippen molar-refractivity contribution in [2.75, 3.05) is 12.4 Å². The molecule has 1 aromatic heterocycles. The number of hydrogen-bond donors (Lipinski definition) is 2. The van der Waals surface area contributed by atoms with Gasteiger partial charge in [0.1, 0.15) is 5.82 Å². The molecule has 0 atom stereocenters. The summed E-state index contributed by atoms with van der Waals surface area (Å²) in [5.41, 5.74) is 4.88. The first-order valence-corrected chi connectivity index (χ1v) is 9.67. The molecule has 4 aromatic rings. The fraction of sp³-hybridized carbons (Fsp3) is 0.125. The standard InChI is InChI=1S/C24H22N4O2/c1-15-8-7-11-19(22(15)24(30)25-3)27-23(29)17-12-13-21-20(14-17)26-16(2)28(21)18-9-5-4-6-10-18/h4-14H,1-3H3,(H,25,30)(H,27,29). The number of nitrogens with one attached hydrogen (secondary N) is 2. The van der Waals surface area contributed by atoms with Crippen LogP contribution in [0.1, 0.15) is 32.1 Å². The highest BCUT2D eigenvalue weighted by molar-refractivity contribution is 6.10. The van der Waals surface area contributed by atoms with E-state index in [0.29, 0.717) is 16.8 Å². The topological polar surface area (TPSA) is 76.0 Å². The average molecular weight is 398 g/mol. The van der Waals surface area contributed by atoms with Crippen LogP contribution in [0.5, 0.6) is 0 Å². The van der Waals surface area contributed by atoms with Crippen LogP contribution in [0.4, 0.5) is 5.69 Å². The fourth-order valence-electron chi connectivity index (χ4n) is 3.64. The van der Waals surface area contributed by atoms with E-state index in [1.807, 2.05) is 62.4 Å². The third-order valence-corrected chi connectivity index (χ3v) is 5.07. The Morgan fingerprint density at radius 3 is 2.40 bits per heavy atom. The largest absolute Gasteiger partial charge is 0.355 e. The van der Waals surface area contributed by atoms with Crippen molar-refractivity contribution in [2.45, 2.75) is 13.8 Å². The molecule has 0 aliphatic heterocycles. The number of imidazole rings is 1. The quantitative estimate of drug-likeness (QED) is 0.539. The maximum atomic E-state index is 12.9. The summed E-state index contributed by atoms with van der Waals surface area (Å²) < 4.78 is 2.06. The highest BCUT2D eigenvalue weighted by Gasteiger charge is 2.17. The molecule has 2 amide bonds. The Bertz CT molecular complexity index is 1260. The highest BCUT2D eigenvalue weighted by Crippen LogP contribution is 2.24. The number of amides is 2. The molecule has 0 radical (unpaired) electrons. The first-order valence-electron chi connectivity index (χ1n) is 9.67. The number of para-hydroxylation sites is 1. The van der Waals surface area contributed by atoms with Gasteiger partial charge in [0.05, 0.1) is 22.3 Å². The van der Waals surface area contributed by atoms with Crippen molar-refractivity contribution in [1.29, 1.82) is 0 Å². The zero-order chi connectivity index (χ0) is 21.3. The van der Waals surface area contributed by atoms with Crippen LogP contribution in [-0.2, 0) is 0 Å². The van der Waals surface area contributed by atoms with E-state index in [1.165, 1.54) is 0 Å². The Labute approximate surface area is 174 Å². The van der Waals surface area contributed by atoms with Crippen LogP contribution in [0.2, 0.25) is 0 Å². The summed E-state index contributed by atoms with van der Waals surface area (Å²) in [5, 5.41) is 5.49. The third kappa shape index (κ3) is 3.43. The number of nitrogens with zero attached hydrogens (tertiary/aromatic N) is 2. The molecular weight excluding hydrogens is 376 g/mol. The molecule has 4 rings (SSSR count). The van der Waals surface area contributed by atoms with Crippen LogP contribution in [0.15, 0.2) is 66.7 Å². The Morgan fingerprint density at radius 2 is 1.67 bits per heavy atom. The second kappa shape index (κ2) is 7.83. The van der Waals surface area contributed by atoms with E-state index >= 15 is 0 Å². The summed E-state index contributed by atoms with van der Waals surface area (Å²) >= 11 is 0. The lowest BCUT2D eigenvalue weighted by Crippen LogP contribution is -2.22. The molecular formula is C24H22N4O2. The minimum atomic E-state index is -0.292. The summed E-state index contributed by atoms with van der Waals surface area (Å²) in [6, 6.07) is 20.8. The van der Waals surface area contributed by atoms with Gasteiger partial charge in [0.2, 0.25) is 0 Å². The van der Waals surface area contributed by atoms with Crippen molar-refractivity contribution in [1.82, 2.24) is 14.9 Å². The number of carbonyl (C=O) groups is 2. The molecule has 0 bridgehead atoms. The fourth-order valence-corrected chi connectivity index (χ4v) is 3.64. The van der Waals surface area contributed by atoms with Gasteiger partial charge in [0.25, 0.3) is 11.8 Å². The van der Waals surface area contributed by atoms with Gasteiger partial charge >= 0.3 is 0 Å². The van der Waals surface area contributed by atoms with E-state index < -0.39 is 0 Å². The van der Waals surface area contributed by atoms with Crippen LogP contribution >= 0.6 is 0 Å². The highest BCUT2D eigenvalue weighted by atomic mass is 16.2. The molecule has 150 valence electrons. The lowest BCUT2D eigenvalue weighted by atomic mass is 10.1. The van der Waals surface area contributed by atoms with Crippen LogP contribution in [0.3, 0.4) is 0 Å². The van der Waals surface area contributed by atoms with Crippen molar-refractivity contribution < 1.29 is 9.59 Å². The Balaban J connectivity index is 1.69. The Morgan fingerprint density at radius 1 is 0.900 bits per heavy atom. The zero-order valence-corrected chi connectivity index (χ0v) is 17.1. The molecule has 30 heavy (non-hydrogen) atoms. The summed E-state index contributed by atoms with van der Waals surface area (Å²) in [6.07, 6.45) is 0. The van der Waals surface area contributed by atoms with Gasteiger partial charge in [-0.1, -0.05) is 30.3 Å². The van der Waals surface area contributed by atoms with E-state index in [0.717, 1.165) is 28.1 Å². The predicted octanol–water partition coefficient (Wildman–Crippen LogP) is 4.25. The molecule has 0 fully saturated rings. The smallest absolute Gasteiger partial charge is 0.255 e. The lowest BCUT2D eigenvalue weighted by molar-refractivity contribution is 0.0963. The average Bonchev–Trinajstić information content (AvgIpc) is 3.08. The molecule has 6 nitrogen and oxygen atoms in total. The van der Waals surface area contributed by atoms with Gasteiger partial charge in [-0.2, -0.15) is 0 Å². The van der Waals surface area contributed by atoms with Gasteiger partial charge in [-0.15, -0.1) is 0 Å². The van der Waals surface area contributed by atoms with Gasteiger partial charge in [-0.05, 0) is 55.8 Å². The molecule has 2 N–H and O–H groups in total. The SMILES string of the molecule is CNC(=O)c1c(C)cccc1NC(=O)c1ccc2c(c1)nc(C)n2-c1ccccc1. The van der Waals surface area contributed by atoms with Crippen molar-refractivity contribution in [3.05, 3.63) is 89.2 Å². The Hall–Kier alpha value is -3.93. The molecule has 0 spiro atoms. The monoisotopic (exact) mass is 398 g/mol. The van der Waals surface area contributed by atoms with E-state index in [2.05, 4.69) is 20.2 Å². The second-order valence-corrected chi connectivity index (χ2v) is 7.06. The lowest BCUT2D eigenvalue weighted by Gasteiger charge is -2.13. The third-order valence-electron chi connectivity index (χ3n) is 5.07. The normalized spacial score (nSPS) is 10.8. The number of anilines is 1. The number of rotatable bonds is 4. The van der Waals surface area contributed by atoms with E-state index in [-0.39, 0.29) is 11.8 Å². The molecule has 0 saturated carbocycles. The summed E-state index contributed by atoms with van der Waals surface area (Å²) in [4.78, 5) is 29.8. The number of fused-ring (bicyclic) bond motifs is 1.